The van der Waals surface area contributed by atoms with Crippen molar-refractivity contribution < 1.29 is 27.8 Å². The standard InChI is InChI=1S/C25H25NO6S2/c1-4-32-20-10-11-23-21(14-20)18(7-12-24(27)28)15-26(23)34(29,30)25-22(13-16(2)33-25)17-5-8-19(31-3)9-6-17/h5-6,8-11,13-15H,4,7,12H2,1-3H3,(H,27,28). The molecule has 2 heterocycles. The Morgan fingerprint density at radius 2 is 1.79 bits per heavy atom. The number of carboxylic acids is 1. The lowest BCUT2D eigenvalue weighted by molar-refractivity contribution is -0.136. The first-order chi connectivity index (χ1) is 16.2. The summed E-state index contributed by atoms with van der Waals surface area (Å²) in [5.74, 6) is 0.345. The number of carboxylic acid groups (broad SMARTS) is 1. The van der Waals surface area contributed by atoms with Gasteiger partial charge in [-0.25, -0.2) is 3.97 Å². The molecule has 2 aromatic heterocycles. The number of benzene rings is 2. The maximum Gasteiger partial charge on any atom is 0.303 e. The van der Waals surface area contributed by atoms with Crippen LogP contribution < -0.4 is 9.47 Å². The number of ether oxygens (including phenoxy) is 2. The molecule has 0 amide bonds. The van der Waals surface area contributed by atoms with Crippen LogP contribution in [0.2, 0.25) is 0 Å². The van der Waals surface area contributed by atoms with Gasteiger partial charge < -0.3 is 14.6 Å². The molecule has 0 aliphatic carbocycles. The first-order valence-corrected chi connectivity index (χ1v) is 13.0. The quantitative estimate of drug-likeness (QED) is 0.334. The molecule has 2 aromatic carbocycles. The summed E-state index contributed by atoms with van der Waals surface area (Å²) in [6.07, 6.45) is 1.64. The summed E-state index contributed by atoms with van der Waals surface area (Å²) < 4.78 is 40.2. The summed E-state index contributed by atoms with van der Waals surface area (Å²) in [5.41, 5.74) is 2.51. The number of thiophene rings is 1. The average Bonchev–Trinajstić information content (AvgIpc) is 3.39. The summed E-state index contributed by atoms with van der Waals surface area (Å²) in [7, 11) is -2.39. The Labute approximate surface area is 202 Å². The monoisotopic (exact) mass is 499 g/mol. The number of hydrogen-bond donors (Lipinski definition) is 1. The minimum Gasteiger partial charge on any atom is -0.497 e. The van der Waals surface area contributed by atoms with Crippen LogP contribution in [0.1, 0.15) is 23.8 Å². The Hall–Kier alpha value is -3.30. The van der Waals surface area contributed by atoms with Crippen LogP contribution in [0.25, 0.3) is 22.0 Å². The van der Waals surface area contributed by atoms with Crippen LogP contribution >= 0.6 is 11.3 Å². The van der Waals surface area contributed by atoms with Crippen LogP contribution in [-0.4, -0.2) is 37.2 Å². The Kier molecular flexibility index (Phi) is 6.67. The summed E-state index contributed by atoms with van der Waals surface area (Å²) in [6.45, 7) is 4.21. The van der Waals surface area contributed by atoms with Crippen molar-refractivity contribution in [1.29, 1.82) is 0 Å². The Morgan fingerprint density at radius 1 is 1.09 bits per heavy atom. The normalized spacial score (nSPS) is 11.6. The van der Waals surface area contributed by atoms with E-state index in [-0.39, 0.29) is 17.1 Å². The Bertz CT molecular complexity index is 1450. The van der Waals surface area contributed by atoms with Crippen LogP contribution in [0.15, 0.2) is 58.9 Å². The van der Waals surface area contributed by atoms with Gasteiger partial charge in [0, 0.05) is 28.4 Å². The van der Waals surface area contributed by atoms with E-state index in [4.69, 9.17) is 9.47 Å². The van der Waals surface area contributed by atoms with Crippen LogP contribution in [0, 0.1) is 6.92 Å². The number of rotatable bonds is 9. The molecule has 34 heavy (non-hydrogen) atoms. The van der Waals surface area contributed by atoms with Gasteiger partial charge in [-0.05, 0) is 67.8 Å². The van der Waals surface area contributed by atoms with Crippen molar-refractivity contribution in [3.05, 3.63) is 65.2 Å². The van der Waals surface area contributed by atoms with Gasteiger partial charge in [0.05, 0.1) is 19.2 Å². The Morgan fingerprint density at radius 3 is 2.44 bits per heavy atom. The van der Waals surface area contributed by atoms with E-state index in [9.17, 15) is 18.3 Å². The molecule has 0 saturated carbocycles. The first-order valence-electron chi connectivity index (χ1n) is 10.7. The van der Waals surface area contributed by atoms with Gasteiger partial charge in [-0.15, -0.1) is 11.3 Å². The van der Waals surface area contributed by atoms with Crippen molar-refractivity contribution in [1.82, 2.24) is 3.97 Å². The molecule has 0 saturated heterocycles. The molecule has 7 nitrogen and oxygen atoms in total. The van der Waals surface area contributed by atoms with Crippen molar-refractivity contribution in [2.45, 2.75) is 30.9 Å². The van der Waals surface area contributed by atoms with Crippen molar-refractivity contribution in [3.8, 4) is 22.6 Å². The van der Waals surface area contributed by atoms with E-state index in [0.29, 0.717) is 40.1 Å². The second kappa shape index (κ2) is 9.52. The number of aryl methyl sites for hydroxylation is 2. The molecule has 178 valence electrons. The second-order valence-electron chi connectivity index (χ2n) is 7.75. The van der Waals surface area contributed by atoms with E-state index < -0.39 is 16.0 Å². The van der Waals surface area contributed by atoms with Gasteiger partial charge in [-0.2, -0.15) is 8.42 Å². The third-order valence-electron chi connectivity index (χ3n) is 5.46. The molecule has 0 radical (unpaired) electrons. The highest BCUT2D eigenvalue weighted by Gasteiger charge is 2.27. The van der Waals surface area contributed by atoms with Gasteiger partial charge in [0.15, 0.2) is 0 Å². The van der Waals surface area contributed by atoms with Gasteiger partial charge in [0.25, 0.3) is 10.0 Å². The number of fused-ring (bicyclic) bond motifs is 1. The van der Waals surface area contributed by atoms with Gasteiger partial charge in [0.2, 0.25) is 0 Å². The largest absolute Gasteiger partial charge is 0.497 e. The van der Waals surface area contributed by atoms with E-state index in [1.54, 1.807) is 37.4 Å². The van der Waals surface area contributed by atoms with E-state index in [1.165, 1.54) is 21.5 Å². The van der Waals surface area contributed by atoms with Gasteiger partial charge >= 0.3 is 5.97 Å². The lowest BCUT2D eigenvalue weighted by atomic mass is 10.1. The predicted molar refractivity (Wildman–Crippen MR) is 133 cm³/mol. The minimum atomic E-state index is -3.97. The number of methoxy groups -OCH3 is 1. The van der Waals surface area contributed by atoms with Crippen molar-refractivity contribution in [2.75, 3.05) is 13.7 Å². The number of nitrogens with zero attached hydrogens (tertiary/aromatic N) is 1. The summed E-state index contributed by atoms with van der Waals surface area (Å²) in [4.78, 5) is 12.1. The van der Waals surface area contributed by atoms with E-state index >= 15 is 0 Å². The molecule has 0 spiro atoms. The molecule has 9 heteroatoms. The molecule has 1 N–H and O–H groups in total. The van der Waals surface area contributed by atoms with Crippen LogP contribution in [0.4, 0.5) is 0 Å². The molecule has 0 aliphatic heterocycles. The molecular formula is C25H25NO6S2. The highest BCUT2D eigenvalue weighted by Crippen LogP contribution is 2.39. The third-order valence-corrected chi connectivity index (χ3v) is 8.69. The first kappa shape index (κ1) is 23.8. The lowest BCUT2D eigenvalue weighted by Crippen LogP contribution is -2.11. The van der Waals surface area contributed by atoms with E-state index in [2.05, 4.69) is 0 Å². The van der Waals surface area contributed by atoms with Gasteiger partial charge in [-0.3, -0.25) is 4.79 Å². The molecule has 0 bridgehead atoms. The predicted octanol–water partition coefficient (Wildman–Crippen LogP) is 5.34. The minimum absolute atomic E-state index is 0.104. The van der Waals surface area contributed by atoms with Gasteiger partial charge in [0.1, 0.15) is 15.7 Å². The second-order valence-corrected chi connectivity index (χ2v) is 11.0. The highest BCUT2D eigenvalue weighted by atomic mass is 32.2. The van der Waals surface area contributed by atoms with Crippen LogP contribution in [-0.2, 0) is 21.2 Å². The van der Waals surface area contributed by atoms with Crippen molar-refractivity contribution in [3.63, 3.8) is 0 Å². The molecule has 4 aromatic rings. The fourth-order valence-corrected chi connectivity index (χ4v) is 7.02. The molecular weight excluding hydrogens is 474 g/mol. The smallest absolute Gasteiger partial charge is 0.303 e. The van der Waals surface area contributed by atoms with Crippen LogP contribution in [0.5, 0.6) is 11.5 Å². The fourth-order valence-electron chi connectivity index (χ4n) is 3.89. The average molecular weight is 500 g/mol. The zero-order chi connectivity index (χ0) is 24.5. The molecule has 0 unspecified atom stereocenters. The van der Waals surface area contributed by atoms with Gasteiger partial charge in [-0.1, -0.05) is 12.1 Å². The molecule has 0 aliphatic rings. The van der Waals surface area contributed by atoms with Crippen LogP contribution in [0.3, 0.4) is 0 Å². The third kappa shape index (κ3) is 4.53. The maximum atomic E-state index is 13.9. The summed E-state index contributed by atoms with van der Waals surface area (Å²) in [5, 5.41) is 9.84. The lowest BCUT2D eigenvalue weighted by Gasteiger charge is -2.10. The molecule has 4 rings (SSSR count). The maximum absolute atomic E-state index is 13.9. The molecule has 0 fully saturated rings. The van der Waals surface area contributed by atoms with Crippen molar-refractivity contribution in [2.24, 2.45) is 0 Å². The van der Waals surface area contributed by atoms with Crippen molar-refractivity contribution >= 4 is 38.2 Å². The highest BCUT2D eigenvalue weighted by molar-refractivity contribution is 7.92. The zero-order valence-electron chi connectivity index (χ0n) is 19.1. The summed E-state index contributed by atoms with van der Waals surface area (Å²) in [6, 6.07) is 14.3. The topological polar surface area (TPSA) is 94.8 Å². The number of hydrogen-bond acceptors (Lipinski definition) is 6. The number of aromatic nitrogens is 1. The summed E-state index contributed by atoms with van der Waals surface area (Å²) >= 11 is 1.21. The number of aliphatic carboxylic acids is 1. The Balaban J connectivity index is 1.88. The SMILES string of the molecule is CCOc1ccc2c(c1)c(CCC(=O)O)cn2S(=O)(=O)c1sc(C)cc1-c1ccc(OC)cc1. The zero-order valence-corrected chi connectivity index (χ0v) is 20.7. The molecule has 0 atom stereocenters. The fraction of sp³-hybridized carbons (Fsp3) is 0.240. The van der Waals surface area contributed by atoms with E-state index in [1.807, 2.05) is 32.0 Å². The number of carbonyl (C=O) groups is 1. The van der Waals surface area contributed by atoms with E-state index in [0.717, 1.165) is 10.4 Å².